The molecular formula is C35H53NO5. The Kier molecular flexibility index (Phi) is 16.1. The Bertz CT molecular complexity index is 1050. The number of pyridine rings is 1. The number of carbonyl (C=O) groups is 2. The van der Waals surface area contributed by atoms with Gasteiger partial charge in [-0.2, -0.15) is 0 Å². The molecule has 0 bridgehead atoms. The van der Waals surface area contributed by atoms with E-state index < -0.39 is 11.9 Å². The van der Waals surface area contributed by atoms with Gasteiger partial charge in [-0.15, -0.1) is 0 Å². The number of unbranched alkanes of at least 4 members (excludes halogenated alkanes) is 12. The minimum absolute atomic E-state index is 0.220. The number of hydrogen-bond donors (Lipinski definition) is 0. The van der Waals surface area contributed by atoms with Crippen LogP contribution in [0, 0.1) is 13.8 Å². The van der Waals surface area contributed by atoms with Crippen molar-refractivity contribution in [2.45, 2.75) is 125 Å². The van der Waals surface area contributed by atoms with E-state index in [1.165, 1.54) is 70.6 Å². The number of carbonyl (C=O) groups excluding carboxylic acids is 2. The molecule has 0 aliphatic carbocycles. The zero-order chi connectivity index (χ0) is 30.0. The second-order valence-corrected chi connectivity index (χ2v) is 10.8. The van der Waals surface area contributed by atoms with Gasteiger partial charge < -0.3 is 14.2 Å². The summed E-state index contributed by atoms with van der Waals surface area (Å²) in [6.45, 7) is 9.80. The zero-order valence-corrected chi connectivity index (χ0v) is 26.5. The molecule has 41 heavy (non-hydrogen) atoms. The maximum absolute atomic E-state index is 13.2. The van der Waals surface area contributed by atoms with Crippen LogP contribution in [0.5, 0.6) is 5.75 Å². The van der Waals surface area contributed by atoms with Crippen LogP contribution < -0.4 is 4.74 Å². The maximum atomic E-state index is 13.2. The molecule has 0 aliphatic rings. The largest absolute Gasteiger partial charge is 0.496 e. The van der Waals surface area contributed by atoms with Crippen LogP contribution in [0.15, 0.2) is 18.2 Å². The van der Waals surface area contributed by atoms with Crippen molar-refractivity contribution in [3.8, 4) is 16.9 Å². The van der Waals surface area contributed by atoms with Gasteiger partial charge in [-0.1, -0.05) is 96.1 Å². The van der Waals surface area contributed by atoms with Gasteiger partial charge in [0.15, 0.2) is 0 Å². The van der Waals surface area contributed by atoms with Gasteiger partial charge in [0, 0.05) is 11.1 Å². The second kappa shape index (κ2) is 19.3. The highest BCUT2D eigenvalue weighted by Gasteiger charge is 2.30. The van der Waals surface area contributed by atoms with Gasteiger partial charge in [0.25, 0.3) is 0 Å². The molecule has 1 aromatic heterocycles. The molecule has 2 rings (SSSR count). The van der Waals surface area contributed by atoms with Crippen molar-refractivity contribution in [3.05, 3.63) is 46.3 Å². The Labute approximate surface area is 248 Å². The van der Waals surface area contributed by atoms with Gasteiger partial charge in [-0.25, -0.2) is 9.59 Å². The normalized spacial score (nSPS) is 11.0. The quantitative estimate of drug-likeness (QED) is 0.117. The lowest BCUT2D eigenvalue weighted by Crippen LogP contribution is -2.18. The number of rotatable bonds is 20. The molecule has 0 aliphatic heterocycles. The molecule has 0 N–H and O–H groups in total. The summed E-state index contributed by atoms with van der Waals surface area (Å²) >= 11 is 0. The van der Waals surface area contributed by atoms with Gasteiger partial charge in [0.1, 0.15) is 5.75 Å². The smallest absolute Gasteiger partial charge is 0.340 e. The number of methoxy groups -OCH3 is 1. The molecule has 2 aromatic rings. The van der Waals surface area contributed by atoms with E-state index in [4.69, 9.17) is 14.2 Å². The maximum Gasteiger partial charge on any atom is 0.340 e. The predicted octanol–water partition coefficient (Wildman–Crippen LogP) is 9.36. The average Bonchev–Trinajstić information content (AvgIpc) is 2.95. The third-order valence-electron chi connectivity index (χ3n) is 7.65. The summed E-state index contributed by atoms with van der Waals surface area (Å²) in [4.78, 5) is 31.0. The highest BCUT2D eigenvalue weighted by Crippen LogP contribution is 2.41. The second-order valence-electron chi connectivity index (χ2n) is 10.8. The van der Waals surface area contributed by atoms with Crippen molar-refractivity contribution in [1.82, 2.24) is 4.98 Å². The van der Waals surface area contributed by atoms with E-state index in [0.29, 0.717) is 22.7 Å². The van der Waals surface area contributed by atoms with Crippen molar-refractivity contribution in [2.75, 3.05) is 20.3 Å². The molecule has 1 aromatic carbocycles. The van der Waals surface area contributed by atoms with Crippen molar-refractivity contribution in [3.63, 3.8) is 0 Å². The number of nitrogens with zero attached hydrogens (tertiary/aromatic N) is 1. The Morgan fingerprint density at radius 2 is 1.12 bits per heavy atom. The van der Waals surface area contributed by atoms with Crippen LogP contribution in [0.25, 0.3) is 11.1 Å². The summed E-state index contributed by atoms with van der Waals surface area (Å²) < 4.78 is 16.7. The fourth-order valence-corrected chi connectivity index (χ4v) is 5.58. The van der Waals surface area contributed by atoms with E-state index in [1.807, 2.05) is 12.1 Å². The average molecular weight is 568 g/mol. The molecule has 0 saturated heterocycles. The molecule has 0 atom stereocenters. The molecule has 0 radical (unpaired) electrons. The number of esters is 2. The lowest BCUT2D eigenvalue weighted by Gasteiger charge is -2.21. The number of hydrogen-bond acceptors (Lipinski definition) is 6. The first kappa shape index (κ1) is 34.3. The third kappa shape index (κ3) is 10.5. The van der Waals surface area contributed by atoms with Crippen molar-refractivity contribution >= 4 is 11.9 Å². The molecule has 228 valence electrons. The standard InChI is InChI=1S/C35H53NO5/c1-7-10-11-12-13-14-15-16-17-18-19-20-21-23-28-24-22-25-29(39-6)32(28)33-30(34(37)40-8-2)26(4)36-27(5)31(33)35(38)41-9-3/h22,24-25H,7-21,23H2,1-6H3. The van der Waals surface area contributed by atoms with E-state index >= 15 is 0 Å². The Morgan fingerprint density at radius 1 is 0.659 bits per heavy atom. The lowest BCUT2D eigenvalue weighted by atomic mass is 9.87. The molecule has 0 spiro atoms. The summed E-state index contributed by atoms with van der Waals surface area (Å²) in [5.41, 5.74) is 3.88. The van der Waals surface area contributed by atoms with Crippen molar-refractivity contribution < 1.29 is 23.8 Å². The minimum atomic E-state index is -0.504. The SMILES string of the molecule is CCCCCCCCCCCCCCCc1cccc(OC)c1-c1c(C(=O)OCC)c(C)nc(C)c1C(=O)OCC. The topological polar surface area (TPSA) is 74.7 Å². The molecule has 0 unspecified atom stereocenters. The van der Waals surface area contributed by atoms with Crippen LogP contribution in [0.2, 0.25) is 0 Å². The minimum Gasteiger partial charge on any atom is -0.496 e. The number of aromatic nitrogens is 1. The van der Waals surface area contributed by atoms with Crippen LogP contribution in [0.4, 0.5) is 0 Å². The van der Waals surface area contributed by atoms with Crippen LogP contribution >= 0.6 is 0 Å². The van der Waals surface area contributed by atoms with Crippen LogP contribution in [0.3, 0.4) is 0 Å². The van der Waals surface area contributed by atoms with Gasteiger partial charge in [0.2, 0.25) is 0 Å². The fraction of sp³-hybridized carbons (Fsp3) is 0.629. The van der Waals surface area contributed by atoms with E-state index in [0.717, 1.165) is 30.4 Å². The highest BCUT2D eigenvalue weighted by molar-refractivity contribution is 6.08. The van der Waals surface area contributed by atoms with Gasteiger partial charge in [-0.3, -0.25) is 4.98 Å². The first-order valence-corrected chi connectivity index (χ1v) is 15.9. The van der Waals surface area contributed by atoms with Gasteiger partial charge >= 0.3 is 11.9 Å². The molecule has 0 fully saturated rings. The van der Waals surface area contributed by atoms with E-state index in [-0.39, 0.29) is 24.3 Å². The zero-order valence-electron chi connectivity index (χ0n) is 26.5. The number of aryl methyl sites for hydroxylation is 3. The summed E-state index contributed by atoms with van der Waals surface area (Å²) in [5.74, 6) is -0.398. The third-order valence-corrected chi connectivity index (χ3v) is 7.65. The Hall–Kier alpha value is -2.89. The first-order valence-electron chi connectivity index (χ1n) is 15.9. The molecule has 1 heterocycles. The van der Waals surface area contributed by atoms with Gasteiger partial charge in [0.05, 0.1) is 42.8 Å². The summed E-state index contributed by atoms with van der Waals surface area (Å²) in [7, 11) is 1.61. The predicted molar refractivity (Wildman–Crippen MR) is 167 cm³/mol. The summed E-state index contributed by atoms with van der Waals surface area (Å²) in [5, 5.41) is 0. The summed E-state index contributed by atoms with van der Waals surface area (Å²) in [6, 6.07) is 5.90. The van der Waals surface area contributed by atoms with Crippen molar-refractivity contribution in [2.24, 2.45) is 0 Å². The van der Waals surface area contributed by atoms with Gasteiger partial charge in [-0.05, 0) is 52.2 Å². The molecule has 6 nitrogen and oxygen atoms in total. The molecule has 6 heteroatoms. The molecule has 0 amide bonds. The lowest BCUT2D eigenvalue weighted by molar-refractivity contribution is 0.0525. The monoisotopic (exact) mass is 567 g/mol. The first-order chi connectivity index (χ1) is 19.9. The Balaban J connectivity index is 2.20. The van der Waals surface area contributed by atoms with E-state index in [9.17, 15) is 9.59 Å². The van der Waals surface area contributed by atoms with Crippen LogP contribution in [-0.4, -0.2) is 37.2 Å². The molecule has 0 saturated carbocycles. The summed E-state index contributed by atoms with van der Waals surface area (Å²) in [6.07, 6.45) is 17.7. The Morgan fingerprint density at radius 3 is 1.56 bits per heavy atom. The number of benzene rings is 1. The van der Waals surface area contributed by atoms with E-state index in [1.54, 1.807) is 34.8 Å². The van der Waals surface area contributed by atoms with Crippen LogP contribution in [-0.2, 0) is 15.9 Å². The van der Waals surface area contributed by atoms with E-state index in [2.05, 4.69) is 18.0 Å². The highest BCUT2D eigenvalue weighted by atomic mass is 16.5. The number of ether oxygens (including phenoxy) is 3. The molecular weight excluding hydrogens is 514 g/mol. The fourth-order valence-electron chi connectivity index (χ4n) is 5.58. The van der Waals surface area contributed by atoms with Crippen LogP contribution in [0.1, 0.15) is 142 Å². The van der Waals surface area contributed by atoms with Crippen molar-refractivity contribution in [1.29, 1.82) is 0 Å².